The topological polar surface area (TPSA) is 97.3 Å². The molecular formula is C26H27N3O4. The molecule has 0 bridgehead atoms. The summed E-state index contributed by atoms with van der Waals surface area (Å²) in [6.07, 6.45) is 3.70. The molecule has 4 rings (SSSR count). The summed E-state index contributed by atoms with van der Waals surface area (Å²) in [5.41, 5.74) is 4.63. The van der Waals surface area contributed by atoms with Crippen molar-refractivity contribution in [3.63, 3.8) is 0 Å². The third kappa shape index (κ3) is 5.14. The average Bonchev–Trinajstić information content (AvgIpc) is 3.23. The lowest BCUT2D eigenvalue weighted by Gasteiger charge is -2.15. The van der Waals surface area contributed by atoms with E-state index >= 15 is 0 Å². The first-order chi connectivity index (χ1) is 16.1. The maximum atomic E-state index is 10.8. The number of aromatic amines is 1. The van der Waals surface area contributed by atoms with Crippen LogP contribution in [-0.2, 0) is 4.79 Å². The van der Waals surface area contributed by atoms with Crippen LogP contribution in [0.5, 0.6) is 11.6 Å². The highest BCUT2D eigenvalue weighted by atomic mass is 16.5. The Morgan fingerprint density at radius 2 is 1.79 bits per heavy atom. The van der Waals surface area contributed by atoms with E-state index in [-0.39, 0.29) is 12.5 Å². The summed E-state index contributed by atoms with van der Waals surface area (Å²) in [4.78, 5) is 23.1. The Morgan fingerprint density at radius 1 is 1.03 bits per heavy atom. The van der Waals surface area contributed by atoms with Crippen molar-refractivity contribution in [1.82, 2.24) is 15.0 Å². The Hall–Kier alpha value is -3.87. The predicted octanol–water partition coefficient (Wildman–Crippen LogP) is 5.71. The molecule has 0 saturated heterocycles. The summed E-state index contributed by atoms with van der Waals surface area (Å²) in [7, 11) is 1.65. The molecule has 0 spiro atoms. The molecule has 0 aliphatic rings. The van der Waals surface area contributed by atoms with Crippen LogP contribution in [0, 0.1) is 0 Å². The number of carbonyl (C=O) groups is 1. The van der Waals surface area contributed by atoms with Gasteiger partial charge in [-0.1, -0.05) is 42.5 Å². The Morgan fingerprint density at radius 3 is 2.48 bits per heavy atom. The Labute approximate surface area is 192 Å². The number of H-pyrrole nitrogens is 1. The van der Waals surface area contributed by atoms with Gasteiger partial charge in [0.05, 0.1) is 24.3 Å². The second-order valence-corrected chi connectivity index (χ2v) is 7.94. The van der Waals surface area contributed by atoms with Gasteiger partial charge < -0.3 is 19.6 Å². The second kappa shape index (κ2) is 10.2. The predicted molar refractivity (Wildman–Crippen MR) is 128 cm³/mol. The van der Waals surface area contributed by atoms with Gasteiger partial charge in [0.2, 0.25) is 5.88 Å². The van der Waals surface area contributed by atoms with Gasteiger partial charge in [0.15, 0.2) is 0 Å². The third-order valence-corrected chi connectivity index (χ3v) is 5.56. The number of aliphatic carboxylic acids is 1. The van der Waals surface area contributed by atoms with Crippen LogP contribution in [0.2, 0.25) is 0 Å². The number of nitrogens with one attached hydrogen (secondary N) is 1. The van der Waals surface area contributed by atoms with Crippen LogP contribution in [0.4, 0.5) is 0 Å². The number of ether oxygens (including phenoxy) is 2. The molecule has 0 aliphatic heterocycles. The molecular weight excluding hydrogens is 418 g/mol. The first-order valence-corrected chi connectivity index (χ1v) is 11.0. The van der Waals surface area contributed by atoms with Gasteiger partial charge in [-0.15, -0.1) is 0 Å². The van der Waals surface area contributed by atoms with Crippen molar-refractivity contribution in [2.24, 2.45) is 0 Å². The van der Waals surface area contributed by atoms with Crippen molar-refractivity contribution in [3.05, 3.63) is 60.9 Å². The highest BCUT2D eigenvalue weighted by Crippen LogP contribution is 2.41. The van der Waals surface area contributed by atoms with Crippen molar-refractivity contribution in [1.29, 1.82) is 0 Å². The number of carboxylic acid groups (broad SMARTS) is 1. The number of unbranched alkanes of at least 4 members (excludes halogenated alkanes) is 1. The molecule has 1 atom stereocenters. The lowest BCUT2D eigenvalue weighted by molar-refractivity contribution is -0.137. The molecule has 33 heavy (non-hydrogen) atoms. The number of aromatic nitrogens is 3. The van der Waals surface area contributed by atoms with Crippen LogP contribution in [0.1, 0.15) is 32.6 Å². The molecule has 2 aromatic heterocycles. The summed E-state index contributed by atoms with van der Waals surface area (Å²) in [6.45, 7) is 1.98. The van der Waals surface area contributed by atoms with E-state index in [1.807, 2.05) is 49.4 Å². The zero-order chi connectivity index (χ0) is 23.2. The fourth-order valence-corrected chi connectivity index (χ4v) is 3.91. The summed E-state index contributed by atoms with van der Waals surface area (Å²) >= 11 is 0. The minimum Gasteiger partial charge on any atom is -0.497 e. The molecule has 7 heteroatoms. The Balaban J connectivity index is 1.74. The monoisotopic (exact) mass is 445 g/mol. The van der Waals surface area contributed by atoms with E-state index in [0.29, 0.717) is 17.9 Å². The number of carboxylic acids is 1. The number of fused-ring (bicyclic) bond motifs is 1. The zero-order valence-corrected chi connectivity index (χ0v) is 18.7. The molecule has 7 nitrogen and oxygen atoms in total. The van der Waals surface area contributed by atoms with E-state index in [2.05, 4.69) is 27.1 Å². The molecule has 4 aromatic rings. The molecule has 0 amide bonds. The van der Waals surface area contributed by atoms with Gasteiger partial charge in [-0.25, -0.2) is 9.97 Å². The van der Waals surface area contributed by atoms with Crippen LogP contribution < -0.4 is 9.47 Å². The molecule has 2 N–H and O–H groups in total. The van der Waals surface area contributed by atoms with E-state index in [1.165, 1.54) is 6.33 Å². The molecule has 2 heterocycles. The van der Waals surface area contributed by atoms with Crippen LogP contribution in [0.3, 0.4) is 0 Å². The van der Waals surface area contributed by atoms with Crippen molar-refractivity contribution < 1.29 is 19.4 Å². The lowest BCUT2D eigenvalue weighted by Crippen LogP contribution is -2.13. The first kappa shape index (κ1) is 22.3. The van der Waals surface area contributed by atoms with Crippen LogP contribution in [0.25, 0.3) is 33.4 Å². The highest BCUT2D eigenvalue weighted by Gasteiger charge is 2.21. The van der Waals surface area contributed by atoms with Gasteiger partial charge in [0, 0.05) is 12.0 Å². The SMILES string of the molecule is COc1ccc(-c2c(-c3ccccc3)[nH]c3ncnc(O[C@H](C)CCCCC(=O)O)c23)cc1. The van der Waals surface area contributed by atoms with Gasteiger partial charge >= 0.3 is 5.97 Å². The molecule has 0 unspecified atom stereocenters. The normalized spacial score (nSPS) is 11.9. The summed E-state index contributed by atoms with van der Waals surface area (Å²) in [5.74, 6) is 0.517. The fraction of sp³-hybridized carbons (Fsp3) is 0.269. The molecule has 0 radical (unpaired) electrons. The van der Waals surface area contributed by atoms with Gasteiger partial charge in [0.25, 0.3) is 0 Å². The van der Waals surface area contributed by atoms with Crippen molar-refractivity contribution >= 4 is 17.0 Å². The molecule has 2 aromatic carbocycles. The summed E-state index contributed by atoms with van der Waals surface area (Å²) in [6, 6.07) is 18.0. The molecule has 0 saturated carbocycles. The van der Waals surface area contributed by atoms with E-state index in [1.54, 1.807) is 7.11 Å². The van der Waals surface area contributed by atoms with Gasteiger partial charge in [-0.2, -0.15) is 0 Å². The highest BCUT2D eigenvalue weighted by molar-refractivity contribution is 6.04. The largest absolute Gasteiger partial charge is 0.497 e. The van der Waals surface area contributed by atoms with E-state index in [4.69, 9.17) is 14.6 Å². The van der Waals surface area contributed by atoms with Crippen molar-refractivity contribution in [2.45, 2.75) is 38.7 Å². The van der Waals surface area contributed by atoms with E-state index < -0.39 is 5.97 Å². The van der Waals surface area contributed by atoms with Gasteiger partial charge in [-0.05, 0) is 49.4 Å². The molecule has 0 fully saturated rings. The van der Waals surface area contributed by atoms with Crippen molar-refractivity contribution in [2.75, 3.05) is 7.11 Å². The molecule has 170 valence electrons. The molecule has 0 aliphatic carbocycles. The van der Waals surface area contributed by atoms with E-state index in [9.17, 15) is 4.79 Å². The quantitative estimate of drug-likeness (QED) is 0.303. The van der Waals surface area contributed by atoms with E-state index in [0.717, 1.165) is 46.4 Å². The van der Waals surface area contributed by atoms with Gasteiger partial charge in [-0.3, -0.25) is 4.79 Å². The third-order valence-electron chi connectivity index (χ3n) is 5.56. The van der Waals surface area contributed by atoms with Crippen LogP contribution in [0.15, 0.2) is 60.9 Å². The second-order valence-electron chi connectivity index (χ2n) is 7.94. The number of nitrogens with zero attached hydrogens (tertiary/aromatic N) is 2. The number of rotatable bonds is 10. The van der Waals surface area contributed by atoms with Crippen LogP contribution >= 0.6 is 0 Å². The first-order valence-electron chi connectivity index (χ1n) is 11.0. The smallest absolute Gasteiger partial charge is 0.303 e. The van der Waals surface area contributed by atoms with Crippen LogP contribution in [-0.4, -0.2) is 39.2 Å². The number of hydrogen-bond donors (Lipinski definition) is 2. The minimum atomic E-state index is -0.772. The number of hydrogen-bond acceptors (Lipinski definition) is 5. The van der Waals surface area contributed by atoms with Gasteiger partial charge in [0.1, 0.15) is 17.7 Å². The Kier molecular flexibility index (Phi) is 6.88. The average molecular weight is 446 g/mol. The zero-order valence-electron chi connectivity index (χ0n) is 18.7. The lowest BCUT2D eigenvalue weighted by atomic mass is 9.99. The van der Waals surface area contributed by atoms with Crippen molar-refractivity contribution in [3.8, 4) is 34.0 Å². The maximum Gasteiger partial charge on any atom is 0.303 e. The fourth-order valence-electron chi connectivity index (χ4n) is 3.91. The number of benzene rings is 2. The minimum absolute atomic E-state index is 0.115. The maximum absolute atomic E-state index is 10.8. The Bertz CT molecular complexity index is 1220. The standard InChI is InChI=1S/C26H27N3O4/c1-17(8-6-7-11-21(30)31)33-26-23-22(18-12-14-20(32-2)15-13-18)24(19-9-4-3-5-10-19)29-25(23)27-16-28-26/h3-5,9-10,12-17H,6-8,11H2,1-2H3,(H,30,31)(H,27,28,29)/t17-/m1/s1. The summed E-state index contributed by atoms with van der Waals surface area (Å²) < 4.78 is 11.6. The summed E-state index contributed by atoms with van der Waals surface area (Å²) in [5, 5.41) is 9.66. The number of methoxy groups -OCH3 is 1.